The van der Waals surface area contributed by atoms with Gasteiger partial charge in [-0.05, 0) is 43.1 Å². The fourth-order valence-corrected chi connectivity index (χ4v) is 4.12. The van der Waals surface area contributed by atoms with Gasteiger partial charge in [0, 0.05) is 0 Å². The lowest BCUT2D eigenvalue weighted by molar-refractivity contribution is 0.587. The van der Waals surface area contributed by atoms with Gasteiger partial charge in [-0.25, -0.2) is 26.7 Å². The molecule has 0 aliphatic carbocycles. The maximum Gasteiger partial charge on any atom is 0.240 e. The molecule has 0 unspecified atom stereocenters. The lowest BCUT2D eigenvalue weighted by Gasteiger charge is -2.06. The number of hydrogen-bond donors (Lipinski definition) is 2. The third kappa shape index (κ3) is 10.0. The number of rotatable bonds is 5. The van der Waals surface area contributed by atoms with Gasteiger partial charge in [-0.1, -0.05) is 77.9 Å². The largest absolute Gasteiger partial charge is 0.240 e. The Balaban J connectivity index is 0. The highest BCUT2D eigenvalue weighted by atomic mass is 32.2. The zero-order valence-electron chi connectivity index (χ0n) is 18.6. The first-order valence-corrected chi connectivity index (χ1v) is 12.8. The highest BCUT2D eigenvalue weighted by molar-refractivity contribution is 7.89. The Bertz CT molecular complexity index is 910. The molecule has 0 aliphatic heterocycles. The quantitative estimate of drug-likeness (QED) is 0.724. The maximum atomic E-state index is 11.5. The average Bonchev–Trinajstić information content (AvgIpc) is 2.76. The van der Waals surface area contributed by atoms with Gasteiger partial charge in [0.1, 0.15) is 0 Å². The zero-order valence-corrected chi connectivity index (χ0v) is 20.2. The molecular weight excluding hydrogens is 408 g/mol. The van der Waals surface area contributed by atoms with E-state index < -0.39 is 20.0 Å². The summed E-state index contributed by atoms with van der Waals surface area (Å²) >= 11 is 0. The van der Waals surface area contributed by atoms with E-state index in [4.69, 9.17) is 5.14 Å². The summed E-state index contributed by atoms with van der Waals surface area (Å²) in [5, 5.41) is 5.01. The fraction of sp³-hybridized carbons (Fsp3) is 0.429. The van der Waals surface area contributed by atoms with Crippen molar-refractivity contribution in [2.45, 2.75) is 64.2 Å². The predicted molar refractivity (Wildman–Crippen MR) is 122 cm³/mol. The van der Waals surface area contributed by atoms with E-state index in [1.807, 2.05) is 53.7 Å². The van der Waals surface area contributed by atoms with Crippen LogP contribution in [-0.2, 0) is 32.9 Å². The number of sulfonamides is 2. The molecule has 0 atom stereocenters. The van der Waals surface area contributed by atoms with Crippen LogP contribution >= 0.6 is 0 Å². The van der Waals surface area contributed by atoms with Crippen molar-refractivity contribution >= 4 is 20.0 Å². The first-order valence-electron chi connectivity index (χ1n) is 9.79. The van der Waals surface area contributed by atoms with Crippen LogP contribution in [0.3, 0.4) is 0 Å². The molecule has 3 N–H and O–H groups in total. The summed E-state index contributed by atoms with van der Waals surface area (Å²) in [6.07, 6.45) is 1.39. The van der Waals surface area contributed by atoms with Gasteiger partial charge in [0.05, 0.1) is 9.79 Å². The molecule has 0 saturated carbocycles. The standard InChI is InChI=1S/C9H13NO2S.C8H11NO2S.2C2H6/c1-3-8-6-4-5-7-9(8)13(11,12)10-2;1-2-7-5-3-4-6-8(7)12(9,10)11;2*1-2/h4-7,10H,3H2,1-2H3;3-6H,2H2,1H3,(H2,9,10,11);2*1-2H3. The molecule has 0 aliphatic rings. The maximum absolute atomic E-state index is 11.5. The summed E-state index contributed by atoms with van der Waals surface area (Å²) in [4.78, 5) is 0.604. The van der Waals surface area contributed by atoms with Crippen LogP contribution in [0.4, 0.5) is 0 Å². The van der Waals surface area contributed by atoms with Crippen molar-refractivity contribution in [1.29, 1.82) is 0 Å². The normalized spacial score (nSPS) is 10.3. The number of nitrogens with one attached hydrogen (secondary N) is 1. The van der Waals surface area contributed by atoms with Gasteiger partial charge in [0.15, 0.2) is 0 Å². The van der Waals surface area contributed by atoms with Crippen LogP contribution in [0.25, 0.3) is 0 Å². The van der Waals surface area contributed by atoms with Gasteiger partial charge in [-0.2, -0.15) is 0 Å². The van der Waals surface area contributed by atoms with E-state index in [0.29, 0.717) is 11.3 Å². The average molecular weight is 445 g/mol. The van der Waals surface area contributed by atoms with E-state index in [0.717, 1.165) is 17.5 Å². The second kappa shape index (κ2) is 15.1. The molecule has 0 saturated heterocycles. The smallest absolute Gasteiger partial charge is 0.225 e. The molecule has 0 aromatic heterocycles. The first-order chi connectivity index (χ1) is 13.7. The highest BCUT2D eigenvalue weighted by Crippen LogP contribution is 2.15. The van der Waals surface area contributed by atoms with Crippen molar-refractivity contribution in [1.82, 2.24) is 4.72 Å². The van der Waals surface area contributed by atoms with Gasteiger partial charge in [0.2, 0.25) is 20.0 Å². The van der Waals surface area contributed by atoms with Crippen molar-refractivity contribution < 1.29 is 16.8 Å². The lowest BCUT2D eigenvalue weighted by atomic mass is 10.2. The highest BCUT2D eigenvalue weighted by Gasteiger charge is 2.14. The topological polar surface area (TPSA) is 106 Å². The number of hydrogen-bond acceptors (Lipinski definition) is 4. The van der Waals surface area contributed by atoms with Crippen LogP contribution in [0.1, 0.15) is 52.7 Å². The summed E-state index contributed by atoms with van der Waals surface area (Å²) in [5.41, 5.74) is 1.61. The third-order valence-electron chi connectivity index (χ3n) is 3.57. The summed E-state index contributed by atoms with van der Waals surface area (Å²) in [6, 6.07) is 13.8. The Morgan fingerprint density at radius 2 is 1.07 bits per heavy atom. The van der Waals surface area contributed by atoms with E-state index in [-0.39, 0.29) is 4.90 Å². The van der Waals surface area contributed by atoms with Gasteiger partial charge < -0.3 is 0 Å². The molecule has 166 valence electrons. The fourth-order valence-electron chi connectivity index (χ4n) is 2.24. The third-order valence-corrected chi connectivity index (χ3v) is 6.10. The number of nitrogens with two attached hydrogens (primary N) is 1. The molecule has 0 amide bonds. The Morgan fingerprint density at radius 3 is 1.38 bits per heavy atom. The molecule has 0 heterocycles. The van der Waals surface area contributed by atoms with Gasteiger partial charge in [0.25, 0.3) is 0 Å². The zero-order chi connectivity index (χ0) is 23.1. The minimum atomic E-state index is -3.55. The number of benzene rings is 2. The Hall–Kier alpha value is -1.74. The number of primary sulfonamides is 1. The monoisotopic (exact) mass is 444 g/mol. The van der Waals surface area contributed by atoms with Crippen molar-refractivity contribution in [3.05, 3.63) is 59.7 Å². The summed E-state index contributed by atoms with van der Waals surface area (Å²) < 4.78 is 47.2. The Morgan fingerprint density at radius 1 is 0.724 bits per heavy atom. The summed E-state index contributed by atoms with van der Waals surface area (Å²) in [5.74, 6) is 0. The molecule has 6 nitrogen and oxygen atoms in total. The Kier molecular flexibility index (Phi) is 15.4. The molecule has 0 fully saturated rings. The molecule has 29 heavy (non-hydrogen) atoms. The molecule has 0 radical (unpaired) electrons. The van der Waals surface area contributed by atoms with Crippen LogP contribution in [0.15, 0.2) is 58.3 Å². The van der Waals surface area contributed by atoms with Crippen molar-refractivity contribution in [3.63, 3.8) is 0 Å². The van der Waals surface area contributed by atoms with E-state index in [9.17, 15) is 16.8 Å². The van der Waals surface area contributed by atoms with Crippen LogP contribution in [0.5, 0.6) is 0 Å². The van der Waals surface area contributed by atoms with Crippen molar-refractivity contribution in [2.24, 2.45) is 5.14 Å². The molecule has 2 rings (SSSR count). The molecule has 8 heteroatoms. The van der Waals surface area contributed by atoms with Crippen molar-refractivity contribution in [2.75, 3.05) is 7.05 Å². The van der Waals surface area contributed by atoms with Crippen LogP contribution in [0.2, 0.25) is 0 Å². The minimum absolute atomic E-state index is 0.229. The van der Waals surface area contributed by atoms with E-state index >= 15 is 0 Å². The second-order valence-electron chi connectivity index (χ2n) is 5.18. The van der Waals surface area contributed by atoms with Crippen LogP contribution in [0, 0.1) is 0 Å². The minimum Gasteiger partial charge on any atom is -0.225 e. The number of aryl methyl sites for hydroxylation is 2. The molecule has 0 bridgehead atoms. The van der Waals surface area contributed by atoms with E-state index in [2.05, 4.69) is 4.72 Å². The predicted octanol–water partition coefficient (Wildman–Crippen LogP) is 4.11. The second-order valence-corrected chi connectivity index (χ2v) is 8.56. The molecule has 2 aromatic rings. The van der Waals surface area contributed by atoms with Gasteiger partial charge in [-0.15, -0.1) is 0 Å². The molecular formula is C21H36N2O4S2. The van der Waals surface area contributed by atoms with E-state index in [1.165, 1.54) is 13.1 Å². The molecule has 0 spiro atoms. The van der Waals surface area contributed by atoms with Gasteiger partial charge >= 0.3 is 0 Å². The van der Waals surface area contributed by atoms with E-state index in [1.54, 1.807) is 30.3 Å². The van der Waals surface area contributed by atoms with Crippen LogP contribution in [-0.4, -0.2) is 23.9 Å². The van der Waals surface area contributed by atoms with Crippen molar-refractivity contribution in [3.8, 4) is 0 Å². The summed E-state index contributed by atoms with van der Waals surface area (Å²) in [6.45, 7) is 11.8. The first kappa shape index (κ1) is 29.5. The lowest BCUT2D eigenvalue weighted by Crippen LogP contribution is -2.19. The molecule has 2 aromatic carbocycles. The van der Waals surface area contributed by atoms with Gasteiger partial charge in [-0.3, -0.25) is 0 Å². The summed E-state index contributed by atoms with van der Waals surface area (Å²) in [7, 11) is -5.42. The Labute approximate surface area is 177 Å². The SMILES string of the molecule is CC.CC.CCc1ccccc1S(=O)(=O)NC.CCc1ccccc1S(N)(=O)=O. The van der Waals surface area contributed by atoms with Crippen LogP contribution < -0.4 is 9.86 Å².